The number of hydrogen-bond acceptors (Lipinski definition) is 4. The second-order valence-corrected chi connectivity index (χ2v) is 6.78. The van der Waals surface area contributed by atoms with E-state index in [1.54, 1.807) is 4.57 Å². The van der Waals surface area contributed by atoms with Crippen molar-refractivity contribution in [3.63, 3.8) is 0 Å². The van der Waals surface area contributed by atoms with E-state index in [1.165, 1.54) is 19.3 Å². The molecule has 1 aliphatic rings. The van der Waals surface area contributed by atoms with Crippen molar-refractivity contribution < 1.29 is 14.6 Å². The summed E-state index contributed by atoms with van der Waals surface area (Å²) in [6, 6.07) is 7.58. The smallest absolute Gasteiger partial charge is 0.240 e. The summed E-state index contributed by atoms with van der Waals surface area (Å²) in [5.74, 6) is 1.01. The van der Waals surface area contributed by atoms with Crippen LogP contribution in [0.25, 0.3) is 11.0 Å². The van der Waals surface area contributed by atoms with Crippen LogP contribution in [0.15, 0.2) is 24.3 Å². The lowest BCUT2D eigenvalue weighted by atomic mass is 9.88. The molecule has 3 rings (SSSR count). The monoisotopic (exact) mass is 345 g/mol. The predicted octanol–water partition coefficient (Wildman–Crippen LogP) is 2.24. The number of nitrogens with one attached hydrogen (secondary N) is 1. The first kappa shape index (κ1) is 17.9. The van der Waals surface area contributed by atoms with Gasteiger partial charge in [0.2, 0.25) is 5.91 Å². The van der Waals surface area contributed by atoms with E-state index in [4.69, 9.17) is 4.74 Å². The zero-order valence-electron chi connectivity index (χ0n) is 14.8. The Labute approximate surface area is 148 Å². The fourth-order valence-electron chi connectivity index (χ4n) is 3.55. The van der Waals surface area contributed by atoms with Gasteiger partial charge in [0, 0.05) is 6.54 Å². The molecule has 0 aliphatic heterocycles. The Hall–Kier alpha value is -1.92. The number of para-hydroxylation sites is 2. The summed E-state index contributed by atoms with van der Waals surface area (Å²) in [5.41, 5.74) is 1.64. The van der Waals surface area contributed by atoms with Crippen LogP contribution in [-0.4, -0.2) is 39.8 Å². The molecule has 2 N–H and O–H groups in total. The Morgan fingerprint density at radius 3 is 2.96 bits per heavy atom. The Bertz CT molecular complexity index is 713. The van der Waals surface area contributed by atoms with Crippen LogP contribution >= 0.6 is 0 Å². The number of hydrogen-bond donors (Lipinski definition) is 2. The van der Waals surface area contributed by atoms with Crippen LogP contribution in [0.1, 0.15) is 38.4 Å². The van der Waals surface area contributed by atoms with Crippen LogP contribution in [-0.2, 0) is 22.7 Å². The lowest BCUT2D eigenvalue weighted by molar-refractivity contribution is -0.122. The van der Waals surface area contributed by atoms with E-state index in [0.29, 0.717) is 31.0 Å². The van der Waals surface area contributed by atoms with Crippen LogP contribution in [0.4, 0.5) is 0 Å². The minimum absolute atomic E-state index is 0.0989. The van der Waals surface area contributed by atoms with Gasteiger partial charge in [-0.05, 0) is 30.9 Å². The molecule has 25 heavy (non-hydrogen) atoms. The van der Waals surface area contributed by atoms with Gasteiger partial charge in [0.05, 0.1) is 23.7 Å². The summed E-state index contributed by atoms with van der Waals surface area (Å²) < 4.78 is 7.68. The van der Waals surface area contributed by atoms with Gasteiger partial charge in [0.25, 0.3) is 0 Å². The fourth-order valence-corrected chi connectivity index (χ4v) is 3.55. The van der Waals surface area contributed by atoms with E-state index in [1.807, 2.05) is 24.3 Å². The van der Waals surface area contributed by atoms with E-state index < -0.39 is 0 Å². The van der Waals surface area contributed by atoms with E-state index in [0.717, 1.165) is 17.5 Å². The van der Waals surface area contributed by atoms with Crippen molar-refractivity contribution in [2.45, 2.75) is 51.9 Å². The van der Waals surface area contributed by atoms with Crippen LogP contribution in [0.3, 0.4) is 0 Å². The molecule has 1 saturated carbocycles. The van der Waals surface area contributed by atoms with Crippen molar-refractivity contribution in [2.24, 2.45) is 5.92 Å². The van der Waals surface area contributed by atoms with Crippen molar-refractivity contribution in [2.75, 3.05) is 13.2 Å². The molecule has 2 unspecified atom stereocenters. The third-order valence-electron chi connectivity index (χ3n) is 4.97. The maximum atomic E-state index is 12.2. The van der Waals surface area contributed by atoms with Crippen molar-refractivity contribution in [1.29, 1.82) is 0 Å². The summed E-state index contributed by atoms with van der Waals surface area (Å²) in [7, 11) is 0. The number of imidazole rings is 1. The molecule has 1 aromatic heterocycles. The quantitative estimate of drug-likeness (QED) is 0.755. The summed E-state index contributed by atoms with van der Waals surface area (Å²) in [6.45, 7) is 3.24. The van der Waals surface area contributed by atoms with E-state index in [2.05, 4.69) is 17.2 Å². The molecule has 1 aromatic carbocycles. The minimum atomic E-state index is -0.190. The van der Waals surface area contributed by atoms with Crippen molar-refractivity contribution >= 4 is 16.9 Å². The van der Waals surface area contributed by atoms with Crippen LogP contribution < -0.4 is 5.32 Å². The Kier molecular flexibility index (Phi) is 6.04. The molecule has 1 amide bonds. The molecular weight excluding hydrogens is 318 g/mol. The number of aliphatic hydroxyl groups excluding tert-OH is 1. The molecule has 1 aliphatic carbocycles. The van der Waals surface area contributed by atoms with Gasteiger partial charge in [-0.3, -0.25) is 4.79 Å². The third kappa shape index (κ3) is 4.38. The molecule has 0 bridgehead atoms. The SMILES string of the molecule is CC1CCCCC1OCCNC(=O)Cn1c(CO)nc2ccccc21. The summed E-state index contributed by atoms with van der Waals surface area (Å²) >= 11 is 0. The lowest BCUT2D eigenvalue weighted by Gasteiger charge is -2.28. The minimum Gasteiger partial charge on any atom is -0.388 e. The molecule has 1 heterocycles. The summed E-state index contributed by atoms with van der Waals surface area (Å²) in [5, 5.41) is 12.4. The molecule has 0 spiro atoms. The molecule has 6 nitrogen and oxygen atoms in total. The highest BCUT2D eigenvalue weighted by Crippen LogP contribution is 2.26. The number of carbonyl (C=O) groups excluding carboxylic acids is 1. The van der Waals surface area contributed by atoms with E-state index in [-0.39, 0.29) is 19.1 Å². The zero-order chi connectivity index (χ0) is 17.6. The standard InChI is InChI=1S/C19H27N3O3/c1-14-6-2-5-9-17(14)25-11-10-20-19(24)12-22-16-8-4-3-7-15(16)21-18(22)13-23/h3-4,7-8,14,17,23H,2,5-6,9-13H2,1H3,(H,20,24). The van der Waals surface area contributed by atoms with Crippen molar-refractivity contribution in [3.8, 4) is 0 Å². The van der Waals surface area contributed by atoms with Gasteiger partial charge in [-0.1, -0.05) is 31.9 Å². The molecule has 1 fully saturated rings. The number of nitrogens with zero attached hydrogens (tertiary/aromatic N) is 2. The molecule has 0 radical (unpaired) electrons. The highest BCUT2D eigenvalue weighted by molar-refractivity contribution is 5.81. The number of amides is 1. The molecule has 2 atom stereocenters. The molecular formula is C19H27N3O3. The number of benzene rings is 1. The topological polar surface area (TPSA) is 76.4 Å². The number of fused-ring (bicyclic) bond motifs is 1. The second kappa shape index (κ2) is 8.45. The Balaban J connectivity index is 1.49. The number of aliphatic hydroxyl groups is 1. The average molecular weight is 345 g/mol. The van der Waals surface area contributed by atoms with Gasteiger partial charge >= 0.3 is 0 Å². The van der Waals surface area contributed by atoms with Gasteiger partial charge in [0.15, 0.2) is 0 Å². The molecule has 6 heteroatoms. The van der Waals surface area contributed by atoms with Crippen LogP contribution in [0.5, 0.6) is 0 Å². The van der Waals surface area contributed by atoms with E-state index in [9.17, 15) is 9.90 Å². The Morgan fingerprint density at radius 1 is 1.36 bits per heavy atom. The fraction of sp³-hybridized carbons (Fsp3) is 0.579. The highest BCUT2D eigenvalue weighted by atomic mass is 16.5. The van der Waals surface area contributed by atoms with Gasteiger partial charge < -0.3 is 19.7 Å². The average Bonchev–Trinajstić information content (AvgIpc) is 2.98. The van der Waals surface area contributed by atoms with Crippen LogP contribution in [0, 0.1) is 5.92 Å². The largest absolute Gasteiger partial charge is 0.388 e. The van der Waals surface area contributed by atoms with Gasteiger partial charge in [-0.15, -0.1) is 0 Å². The van der Waals surface area contributed by atoms with Crippen molar-refractivity contribution in [1.82, 2.24) is 14.9 Å². The van der Waals surface area contributed by atoms with Crippen molar-refractivity contribution in [3.05, 3.63) is 30.1 Å². The molecule has 2 aromatic rings. The zero-order valence-corrected chi connectivity index (χ0v) is 14.8. The predicted molar refractivity (Wildman–Crippen MR) is 96.0 cm³/mol. The lowest BCUT2D eigenvalue weighted by Crippen LogP contribution is -2.33. The first-order valence-corrected chi connectivity index (χ1v) is 9.12. The highest BCUT2D eigenvalue weighted by Gasteiger charge is 2.21. The summed E-state index contributed by atoms with van der Waals surface area (Å²) in [4.78, 5) is 16.6. The maximum absolute atomic E-state index is 12.2. The van der Waals surface area contributed by atoms with Gasteiger partial charge in [-0.2, -0.15) is 0 Å². The second-order valence-electron chi connectivity index (χ2n) is 6.78. The van der Waals surface area contributed by atoms with Crippen LogP contribution in [0.2, 0.25) is 0 Å². The first-order chi connectivity index (χ1) is 12.2. The van der Waals surface area contributed by atoms with Gasteiger partial charge in [0.1, 0.15) is 19.0 Å². The molecule has 0 saturated heterocycles. The number of aromatic nitrogens is 2. The number of rotatable bonds is 7. The number of carbonyl (C=O) groups is 1. The third-order valence-corrected chi connectivity index (χ3v) is 4.97. The normalized spacial score (nSPS) is 20.7. The molecule has 136 valence electrons. The van der Waals surface area contributed by atoms with E-state index >= 15 is 0 Å². The Morgan fingerprint density at radius 2 is 2.16 bits per heavy atom. The van der Waals surface area contributed by atoms with Gasteiger partial charge in [-0.25, -0.2) is 4.98 Å². The summed E-state index contributed by atoms with van der Waals surface area (Å²) in [6.07, 6.45) is 5.21. The number of ether oxygens (including phenoxy) is 1. The maximum Gasteiger partial charge on any atom is 0.240 e. The first-order valence-electron chi connectivity index (χ1n) is 9.12.